The molecule has 2 heterocycles. The number of hydrogen-bond acceptors (Lipinski definition) is 3. The molecule has 0 atom stereocenters. The number of ether oxygens (including phenoxy) is 1. The molecule has 1 aromatic rings. The van der Waals surface area contributed by atoms with Crippen LogP contribution in [-0.2, 0) is 11.3 Å². The zero-order chi connectivity index (χ0) is 14.2. The van der Waals surface area contributed by atoms with Crippen LogP contribution in [0.25, 0.3) is 0 Å². The summed E-state index contributed by atoms with van der Waals surface area (Å²) in [5.41, 5.74) is 3.45. The summed E-state index contributed by atoms with van der Waals surface area (Å²) in [4.78, 5) is 14.0. The van der Waals surface area contributed by atoms with E-state index in [1.54, 1.807) is 0 Å². The number of aryl methyl sites for hydroxylation is 2. The number of benzene rings is 1. The van der Waals surface area contributed by atoms with Crippen molar-refractivity contribution in [1.82, 2.24) is 10.2 Å². The number of nitrogens with zero attached hydrogens (tertiary/aromatic N) is 1. The minimum atomic E-state index is -0.249. The molecule has 1 N–H and O–H groups in total. The highest BCUT2D eigenvalue weighted by Crippen LogP contribution is 2.32. The number of amides is 1. The first kappa shape index (κ1) is 13.4. The van der Waals surface area contributed by atoms with Gasteiger partial charge in [-0.3, -0.25) is 4.90 Å². The number of hydrogen-bond donors (Lipinski definition) is 1. The van der Waals surface area contributed by atoms with Gasteiger partial charge in [0.2, 0.25) is 0 Å². The molecule has 2 saturated heterocycles. The molecule has 0 aromatic heterocycles. The van der Waals surface area contributed by atoms with Crippen LogP contribution in [-0.4, -0.2) is 36.2 Å². The lowest BCUT2D eigenvalue weighted by Gasteiger charge is -2.31. The molecule has 2 fully saturated rings. The zero-order valence-corrected chi connectivity index (χ0v) is 12.2. The lowest BCUT2D eigenvalue weighted by atomic mass is 9.92. The Kier molecular flexibility index (Phi) is 3.42. The van der Waals surface area contributed by atoms with Gasteiger partial charge in [0.1, 0.15) is 5.60 Å². The third kappa shape index (κ3) is 2.52. The first-order valence-electron chi connectivity index (χ1n) is 7.33. The summed E-state index contributed by atoms with van der Waals surface area (Å²) in [7, 11) is 0. The fourth-order valence-corrected chi connectivity index (χ4v) is 3.19. The minimum Gasteiger partial charge on any atom is -0.441 e. The van der Waals surface area contributed by atoms with Crippen molar-refractivity contribution >= 4 is 6.09 Å². The Morgan fingerprint density at radius 3 is 2.75 bits per heavy atom. The number of carbonyl (C=O) groups is 1. The summed E-state index contributed by atoms with van der Waals surface area (Å²) in [5.74, 6) is 0. The quantitative estimate of drug-likeness (QED) is 0.900. The maximum Gasteiger partial charge on any atom is 0.410 e. The predicted molar refractivity (Wildman–Crippen MR) is 77.6 cm³/mol. The fraction of sp³-hybridized carbons (Fsp3) is 0.562. The van der Waals surface area contributed by atoms with Crippen molar-refractivity contribution in [2.45, 2.75) is 38.8 Å². The van der Waals surface area contributed by atoms with Crippen LogP contribution in [0, 0.1) is 13.8 Å². The summed E-state index contributed by atoms with van der Waals surface area (Å²) in [6, 6.07) is 6.38. The SMILES string of the molecule is Cc1ccc(CN2CC3(CCNCC3)OC2=O)c(C)c1. The summed E-state index contributed by atoms with van der Waals surface area (Å²) < 4.78 is 5.69. The van der Waals surface area contributed by atoms with Crippen molar-refractivity contribution in [3.05, 3.63) is 34.9 Å². The second kappa shape index (κ2) is 5.09. The van der Waals surface area contributed by atoms with Gasteiger partial charge in [-0.05, 0) is 38.1 Å². The standard InChI is InChI=1S/C16H22N2O2/c1-12-3-4-14(13(2)9-12)10-18-11-16(20-15(18)19)5-7-17-8-6-16/h3-4,9,17H,5-8,10-11H2,1-2H3. The largest absolute Gasteiger partial charge is 0.441 e. The number of nitrogens with one attached hydrogen (secondary N) is 1. The van der Waals surface area contributed by atoms with Gasteiger partial charge in [0.15, 0.2) is 0 Å². The van der Waals surface area contributed by atoms with Crippen LogP contribution >= 0.6 is 0 Å². The summed E-state index contributed by atoms with van der Waals surface area (Å²) in [6.45, 7) is 7.44. The van der Waals surface area contributed by atoms with Gasteiger partial charge >= 0.3 is 6.09 Å². The molecule has 3 rings (SSSR count). The van der Waals surface area contributed by atoms with E-state index in [-0.39, 0.29) is 11.7 Å². The lowest BCUT2D eigenvalue weighted by Crippen LogP contribution is -2.44. The molecule has 0 aliphatic carbocycles. The Hall–Kier alpha value is -1.55. The van der Waals surface area contributed by atoms with Gasteiger partial charge in [0.25, 0.3) is 0 Å². The van der Waals surface area contributed by atoms with Crippen molar-refractivity contribution in [3.8, 4) is 0 Å². The van der Waals surface area contributed by atoms with E-state index in [4.69, 9.17) is 4.74 Å². The Morgan fingerprint density at radius 1 is 1.30 bits per heavy atom. The molecule has 4 heteroatoms. The van der Waals surface area contributed by atoms with Gasteiger partial charge in [0, 0.05) is 19.4 Å². The highest BCUT2D eigenvalue weighted by Gasteiger charge is 2.45. The normalized spacial score (nSPS) is 21.3. The second-order valence-corrected chi connectivity index (χ2v) is 6.09. The van der Waals surface area contributed by atoms with Crippen molar-refractivity contribution < 1.29 is 9.53 Å². The third-order valence-electron chi connectivity index (χ3n) is 4.42. The molecule has 108 valence electrons. The van der Waals surface area contributed by atoms with Gasteiger partial charge < -0.3 is 10.1 Å². The van der Waals surface area contributed by atoms with Crippen molar-refractivity contribution in [2.75, 3.05) is 19.6 Å². The van der Waals surface area contributed by atoms with Crippen LogP contribution in [0.15, 0.2) is 18.2 Å². The number of piperidine rings is 1. The summed E-state index contributed by atoms with van der Waals surface area (Å²) >= 11 is 0. The highest BCUT2D eigenvalue weighted by molar-refractivity contribution is 5.70. The maximum absolute atomic E-state index is 12.1. The van der Waals surface area contributed by atoms with E-state index < -0.39 is 0 Å². The molecule has 1 aromatic carbocycles. The number of carbonyl (C=O) groups excluding carboxylic acids is 1. The average Bonchev–Trinajstić information content (AvgIpc) is 2.70. The fourth-order valence-electron chi connectivity index (χ4n) is 3.19. The van der Waals surface area contributed by atoms with E-state index in [1.807, 2.05) is 4.90 Å². The molecule has 0 saturated carbocycles. The Labute approximate surface area is 120 Å². The molecule has 20 heavy (non-hydrogen) atoms. The Bertz CT molecular complexity index is 521. The molecule has 0 unspecified atom stereocenters. The van der Waals surface area contributed by atoms with Crippen LogP contribution < -0.4 is 5.32 Å². The maximum atomic E-state index is 12.1. The minimum absolute atomic E-state index is 0.160. The van der Waals surface area contributed by atoms with Crippen LogP contribution in [0.4, 0.5) is 4.79 Å². The molecule has 2 aliphatic heterocycles. The van der Waals surface area contributed by atoms with E-state index in [2.05, 4.69) is 37.4 Å². The van der Waals surface area contributed by atoms with E-state index in [0.717, 1.165) is 32.5 Å². The van der Waals surface area contributed by atoms with Gasteiger partial charge in [-0.1, -0.05) is 23.8 Å². The molecule has 2 aliphatic rings. The molecule has 1 amide bonds. The van der Waals surface area contributed by atoms with Crippen molar-refractivity contribution in [3.63, 3.8) is 0 Å². The van der Waals surface area contributed by atoms with Crippen LogP contribution in [0.5, 0.6) is 0 Å². The number of rotatable bonds is 2. The molecule has 0 radical (unpaired) electrons. The highest BCUT2D eigenvalue weighted by atomic mass is 16.6. The van der Waals surface area contributed by atoms with E-state index in [0.29, 0.717) is 6.54 Å². The summed E-state index contributed by atoms with van der Waals surface area (Å²) in [6.07, 6.45) is 1.68. The van der Waals surface area contributed by atoms with Crippen LogP contribution in [0.3, 0.4) is 0 Å². The monoisotopic (exact) mass is 274 g/mol. The van der Waals surface area contributed by atoms with E-state index >= 15 is 0 Å². The van der Waals surface area contributed by atoms with E-state index in [9.17, 15) is 4.79 Å². The van der Waals surface area contributed by atoms with Gasteiger partial charge in [-0.2, -0.15) is 0 Å². The zero-order valence-electron chi connectivity index (χ0n) is 12.2. The molecular formula is C16H22N2O2. The first-order valence-corrected chi connectivity index (χ1v) is 7.33. The average molecular weight is 274 g/mol. The van der Waals surface area contributed by atoms with E-state index in [1.165, 1.54) is 16.7 Å². The van der Waals surface area contributed by atoms with Gasteiger partial charge in [0.05, 0.1) is 6.54 Å². The molecular weight excluding hydrogens is 252 g/mol. The first-order chi connectivity index (χ1) is 9.58. The van der Waals surface area contributed by atoms with Crippen LogP contribution in [0.2, 0.25) is 0 Å². The summed E-state index contributed by atoms with van der Waals surface area (Å²) in [5, 5.41) is 3.32. The lowest BCUT2D eigenvalue weighted by molar-refractivity contribution is 0.0316. The molecule has 0 bridgehead atoms. The second-order valence-electron chi connectivity index (χ2n) is 6.09. The topological polar surface area (TPSA) is 41.6 Å². The van der Waals surface area contributed by atoms with Crippen LogP contribution in [0.1, 0.15) is 29.5 Å². The Morgan fingerprint density at radius 2 is 2.05 bits per heavy atom. The van der Waals surface area contributed by atoms with Gasteiger partial charge in [-0.25, -0.2) is 4.79 Å². The molecule has 4 nitrogen and oxygen atoms in total. The predicted octanol–water partition coefficient (Wildman–Crippen LogP) is 2.38. The van der Waals surface area contributed by atoms with Gasteiger partial charge in [-0.15, -0.1) is 0 Å². The molecule has 1 spiro atoms. The van der Waals surface area contributed by atoms with Crippen molar-refractivity contribution in [2.24, 2.45) is 0 Å². The van der Waals surface area contributed by atoms with Crippen molar-refractivity contribution in [1.29, 1.82) is 0 Å². The smallest absolute Gasteiger partial charge is 0.410 e. The Balaban J connectivity index is 1.73. The third-order valence-corrected chi connectivity index (χ3v) is 4.42.